The molecule has 0 fully saturated rings. The van der Waals surface area contributed by atoms with Crippen LogP contribution in [0.2, 0.25) is 0 Å². The molecule has 84 valence electrons. The zero-order valence-corrected chi connectivity index (χ0v) is 8.66. The number of ether oxygens (including phenoxy) is 1. The van der Waals surface area contributed by atoms with E-state index in [2.05, 4.69) is 22.3 Å². The van der Waals surface area contributed by atoms with Gasteiger partial charge < -0.3 is 4.74 Å². The van der Waals surface area contributed by atoms with Gasteiger partial charge in [-0.15, -0.1) is 0 Å². The number of anilines is 1. The van der Waals surface area contributed by atoms with Crippen molar-refractivity contribution in [1.29, 1.82) is 0 Å². The highest BCUT2D eigenvalue weighted by atomic mass is 19.1. The molecule has 1 heterocycles. The third kappa shape index (κ3) is 3.67. The van der Waals surface area contributed by atoms with Crippen LogP contribution in [0.25, 0.3) is 0 Å². The molecule has 6 heteroatoms. The van der Waals surface area contributed by atoms with Gasteiger partial charge in [-0.25, -0.2) is 10.8 Å². The fraction of sp³-hybridized carbons (Fsp3) is 0.556. The normalized spacial score (nSPS) is 10.1. The third-order valence-corrected chi connectivity index (χ3v) is 1.83. The van der Waals surface area contributed by atoms with Gasteiger partial charge in [0.25, 0.3) is 5.88 Å². The van der Waals surface area contributed by atoms with E-state index in [0.29, 0.717) is 6.61 Å². The second-order valence-electron chi connectivity index (χ2n) is 3.05. The summed E-state index contributed by atoms with van der Waals surface area (Å²) in [6.07, 6.45) is 4.04. The van der Waals surface area contributed by atoms with Crippen molar-refractivity contribution in [3.8, 4) is 5.88 Å². The fourth-order valence-electron chi connectivity index (χ4n) is 1.04. The summed E-state index contributed by atoms with van der Waals surface area (Å²) in [6.45, 7) is 2.54. The first-order chi connectivity index (χ1) is 7.27. The van der Waals surface area contributed by atoms with E-state index >= 15 is 0 Å². The van der Waals surface area contributed by atoms with Gasteiger partial charge in [-0.1, -0.05) is 19.8 Å². The Bertz CT molecular complexity index is 308. The molecule has 0 amide bonds. The SMILES string of the molecule is CCCCCOc1nc(NN)ncc1F. The van der Waals surface area contributed by atoms with Gasteiger partial charge >= 0.3 is 0 Å². The number of nitrogens with one attached hydrogen (secondary N) is 1. The smallest absolute Gasteiger partial charge is 0.255 e. The van der Waals surface area contributed by atoms with Gasteiger partial charge in [0, 0.05) is 0 Å². The Labute approximate surface area is 87.8 Å². The van der Waals surface area contributed by atoms with E-state index in [-0.39, 0.29) is 11.8 Å². The fourth-order valence-corrected chi connectivity index (χ4v) is 1.04. The van der Waals surface area contributed by atoms with Crippen molar-refractivity contribution >= 4 is 5.95 Å². The van der Waals surface area contributed by atoms with E-state index in [1.165, 1.54) is 0 Å². The lowest BCUT2D eigenvalue weighted by atomic mass is 10.3. The zero-order valence-electron chi connectivity index (χ0n) is 8.66. The van der Waals surface area contributed by atoms with Crippen molar-refractivity contribution in [2.75, 3.05) is 12.0 Å². The Morgan fingerprint density at radius 2 is 2.33 bits per heavy atom. The maximum Gasteiger partial charge on any atom is 0.255 e. The zero-order chi connectivity index (χ0) is 11.1. The van der Waals surface area contributed by atoms with Crippen molar-refractivity contribution < 1.29 is 9.13 Å². The average molecular weight is 214 g/mol. The lowest BCUT2D eigenvalue weighted by Crippen LogP contribution is -2.12. The Hall–Kier alpha value is -1.43. The number of rotatable bonds is 6. The molecule has 0 bridgehead atoms. The first kappa shape index (κ1) is 11.6. The average Bonchev–Trinajstić information content (AvgIpc) is 2.26. The van der Waals surface area contributed by atoms with E-state index in [0.717, 1.165) is 25.5 Å². The van der Waals surface area contributed by atoms with Gasteiger partial charge in [0.1, 0.15) is 0 Å². The second kappa shape index (κ2) is 6.13. The van der Waals surface area contributed by atoms with E-state index < -0.39 is 5.82 Å². The molecule has 0 radical (unpaired) electrons. The molecule has 1 rings (SSSR count). The molecule has 0 aliphatic rings. The maximum atomic E-state index is 13.1. The Morgan fingerprint density at radius 3 is 3.00 bits per heavy atom. The van der Waals surface area contributed by atoms with Crippen LogP contribution < -0.4 is 16.0 Å². The van der Waals surface area contributed by atoms with Crippen LogP contribution in [-0.2, 0) is 0 Å². The monoisotopic (exact) mass is 214 g/mol. The quantitative estimate of drug-likeness (QED) is 0.426. The van der Waals surface area contributed by atoms with Gasteiger partial charge in [0.05, 0.1) is 12.8 Å². The summed E-state index contributed by atoms with van der Waals surface area (Å²) >= 11 is 0. The Morgan fingerprint density at radius 1 is 1.53 bits per heavy atom. The summed E-state index contributed by atoms with van der Waals surface area (Å²) in [6, 6.07) is 0. The number of hydrogen-bond donors (Lipinski definition) is 2. The highest BCUT2D eigenvalue weighted by Gasteiger charge is 2.06. The highest BCUT2D eigenvalue weighted by Crippen LogP contribution is 2.14. The molecule has 15 heavy (non-hydrogen) atoms. The number of hydrogen-bond acceptors (Lipinski definition) is 5. The lowest BCUT2D eigenvalue weighted by Gasteiger charge is -2.06. The predicted octanol–water partition coefficient (Wildman–Crippen LogP) is 1.47. The molecular weight excluding hydrogens is 199 g/mol. The van der Waals surface area contributed by atoms with Crippen LogP contribution in [0.5, 0.6) is 5.88 Å². The summed E-state index contributed by atoms with van der Waals surface area (Å²) in [5.41, 5.74) is 2.23. The molecule has 0 aliphatic heterocycles. The highest BCUT2D eigenvalue weighted by molar-refractivity contribution is 5.26. The number of nitrogens with two attached hydrogens (primary N) is 1. The van der Waals surface area contributed by atoms with Crippen LogP contribution in [0, 0.1) is 5.82 Å². The third-order valence-electron chi connectivity index (χ3n) is 1.83. The van der Waals surface area contributed by atoms with Crippen molar-refractivity contribution in [1.82, 2.24) is 9.97 Å². The van der Waals surface area contributed by atoms with Crippen LogP contribution in [0.15, 0.2) is 6.20 Å². The first-order valence-corrected chi connectivity index (χ1v) is 4.90. The Kier molecular flexibility index (Phi) is 4.76. The molecule has 0 aliphatic carbocycles. The van der Waals surface area contributed by atoms with Crippen molar-refractivity contribution in [2.45, 2.75) is 26.2 Å². The van der Waals surface area contributed by atoms with Crippen LogP contribution in [0.4, 0.5) is 10.3 Å². The lowest BCUT2D eigenvalue weighted by molar-refractivity contribution is 0.279. The van der Waals surface area contributed by atoms with Crippen LogP contribution >= 0.6 is 0 Å². The minimum Gasteiger partial charge on any atom is -0.475 e. The van der Waals surface area contributed by atoms with Gasteiger partial charge in [-0.2, -0.15) is 9.37 Å². The molecule has 5 nitrogen and oxygen atoms in total. The van der Waals surface area contributed by atoms with E-state index in [1.54, 1.807) is 0 Å². The predicted molar refractivity (Wildman–Crippen MR) is 54.8 cm³/mol. The standard InChI is InChI=1S/C9H15FN4O/c1-2-3-4-5-15-8-7(10)6-12-9(13-8)14-11/h6H,2-5,11H2,1H3,(H,12,13,14). The number of aromatic nitrogens is 2. The molecule has 0 atom stereocenters. The summed E-state index contributed by atoms with van der Waals surface area (Å²) in [7, 11) is 0. The number of nitrogen functional groups attached to an aromatic ring is 1. The van der Waals surface area contributed by atoms with Crippen molar-refractivity contribution in [3.05, 3.63) is 12.0 Å². The largest absolute Gasteiger partial charge is 0.475 e. The topological polar surface area (TPSA) is 73.1 Å². The minimum atomic E-state index is -0.578. The maximum absolute atomic E-state index is 13.1. The Balaban J connectivity index is 2.51. The molecule has 0 aromatic carbocycles. The number of unbranched alkanes of at least 4 members (excludes halogenated alkanes) is 2. The molecule has 3 N–H and O–H groups in total. The molecule has 0 spiro atoms. The first-order valence-electron chi connectivity index (χ1n) is 4.90. The number of halogens is 1. The number of hydrazine groups is 1. The molecular formula is C9H15FN4O. The molecule has 0 unspecified atom stereocenters. The van der Waals surface area contributed by atoms with Gasteiger partial charge in [0.2, 0.25) is 11.8 Å². The van der Waals surface area contributed by atoms with Crippen molar-refractivity contribution in [3.63, 3.8) is 0 Å². The minimum absolute atomic E-state index is 0.0611. The molecule has 1 aromatic rings. The van der Waals surface area contributed by atoms with Crippen LogP contribution in [-0.4, -0.2) is 16.6 Å². The van der Waals surface area contributed by atoms with E-state index in [4.69, 9.17) is 10.6 Å². The van der Waals surface area contributed by atoms with Crippen molar-refractivity contribution in [2.24, 2.45) is 5.84 Å². The number of nitrogens with zero attached hydrogens (tertiary/aromatic N) is 2. The van der Waals surface area contributed by atoms with Gasteiger partial charge in [-0.3, -0.25) is 5.43 Å². The summed E-state index contributed by atoms with van der Waals surface area (Å²) in [5.74, 6) is 4.59. The summed E-state index contributed by atoms with van der Waals surface area (Å²) in [4.78, 5) is 7.34. The van der Waals surface area contributed by atoms with Crippen LogP contribution in [0.3, 0.4) is 0 Å². The second-order valence-corrected chi connectivity index (χ2v) is 3.05. The molecule has 1 aromatic heterocycles. The van der Waals surface area contributed by atoms with E-state index in [9.17, 15) is 4.39 Å². The van der Waals surface area contributed by atoms with Gasteiger partial charge in [-0.05, 0) is 6.42 Å². The molecule has 0 saturated carbocycles. The summed E-state index contributed by atoms with van der Waals surface area (Å²) < 4.78 is 18.3. The summed E-state index contributed by atoms with van der Waals surface area (Å²) in [5, 5.41) is 0. The van der Waals surface area contributed by atoms with Gasteiger partial charge in [0.15, 0.2) is 0 Å². The van der Waals surface area contributed by atoms with Crippen LogP contribution in [0.1, 0.15) is 26.2 Å². The molecule has 0 saturated heterocycles. The van der Waals surface area contributed by atoms with E-state index in [1.807, 2.05) is 0 Å².